The molecule has 2 fully saturated rings. The molecule has 4 rings (SSSR count). The van der Waals surface area contributed by atoms with Crippen molar-refractivity contribution in [1.82, 2.24) is 21.1 Å². The molecule has 8 heteroatoms. The third kappa shape index (κ3) is 2.89. The van der Waals surface area contributed by atoms with Crippen molar-refractivity contribution < 1.29 is 4.39 Å². The van der Waals surface area contributed by atoms with Crippen LogP contribution in [0, 0.1) is 17.7 Å². The summed E-state index contributed by atoms with van der Waals surface area (Å²) in [6, 6.07) is 5.16. The van der Waals surface area contributed by atoms with E-state index in [0.717, 1.165) is 32.6 Å². The Morgan fingerprint density at radius 1 is 1.40 bits per heavy atom. The molecule has 0 amide bonds. The van der Waals surface area contributed by atoms with Crippen molar-refractivity contribution in [2.45, 2.75) is 25.2 Å². The third-order valence-corrected chi connectivity index (χ3v) is 5.59. The van der Waals surface area contributed by atoms with E-state index in [0.29, 0.717) is 23.0 Å². The molecule has 1 aromatic rings. The van der Waals surface area contributed by atoms with Gasteiger partial charge in [0, 0.05) is 36.8 Å². The molecule has 4 atom stereocenters. The highest BCUT2D eigenvalue weighted by Crippen LogP contribution is 2.40. The Morgan fingerprint density at radius 3 is 2.92 bits per heavy atom. The normalized spacial score (nSPS) is 34.8. The highest BCUT2D eigenvalue weighted by Gasteiger charge is 2.43. The molecule has 25 heavy (non-hydrogen) atoms. The molecule has 0 aromatic heterocycles. The largest absolute Gasteiger partial charge is 0.369 e. The first-order valence-electron chi connectivity index (χ1n) is 8.93. The number of nitrogens with two attached hydrogens (primary N) is 2. The number of fused-ring (bicyclic) bond motifs is 1. The summed E-state index contributed by atoms with van der Waals surface area (Å²) in [5.41, 5.74) is 18.4. The Labute approximate surface area is 147 Å². The SMILES string of the molecule is CCCN1CC2CNC(c3ccc(C4(N)N=C(N)NN4)cc3F)C2C1. The molecule has 0 saturated carbocycles. The molecule has 2 saturated heterocycles. The van der Waals surface area contributed by atoms with E-state index in [1.807, 2.05) is 12.1 Å². The van der Waals surface area contributed by atoms with Gasteiger partial charge in [-0.3, -0.25) is 11.2 Å². The number of hydrazine groups is 1. The van der Waals surface area contributed by atoms with E-state index in [2.05, 4.69) is 33.0 Å². The number of nitrogens with one attached hydrogen (secondary N) is 3. The lowest BCUT2D eigenvalue weighted by Gasteiger charge is -2.24. The molecular formula is C17H26FN7. The molecule has 0 aliphatic carbocycles. The smallest absolute Gasteiger partial charge is 0.209 e. The van der Waals surface area contributed by atoms with E-state index < -0.39 is 5.79 Å². The van der Waals surface area contributed by atoms with Gasteiger partial charge in [-0.1, -0.05) is 19.1 Å². The molecule has 7 N–H and O–H groups in total. The van der Waals surface area contributed by atoms with Crippen molar-refractivity contribution in [1.29, 1.82) is 0 Å². The van der Waals surface area contributed by atoms with Crippen LogP contribution in [-0.4, -0.2) is 37.0 Å². The maximum atomic E-state index is 14.9. The summed E-state index contributed by atoms with van der Waals surface area (Å²) in [7, 11) is 0. The van der Waals surface area contributed by atoms with E-state index in [1.54, 1.807) is 0 Å². The van der Waals surface area contributed by atoms with E-state index in [4.69, 9.17) is 11.5 Å². The molecule has 0 spiro atoms. The summed E-state index contributed by atoms with van der Waals surface area (Å²) in [5.74, 6) is -0.244. The Hall–Kier alpha value is -1.74. The third-order valence-electron chi connectivity index (χ3n) is 5.59. The fraction of sp³-hybridized carbons (Fsp3) is 0.588. The number of guanidine groups is 1. The summed E-state index contributed by atoms with van der Waals surface area (Å²) in [4.78, 5) is 6.60. The second-order valence-electron chi connectivity index (χ2n) is 7.32. The van der Waals surface area contributed by atoms with Gasteiger partial charge in [0.25, 0.3) is 0 Å². The minimum atomic E-state index is -1.24. The summed E-state index contributed by atoms with van der Waals surface area (Å²) >= 11 is 0. The van der Waals surface area contributed by atoms with Crippen LogP contribution in [0.5, 0.6) is 0 Å². The van der Waals surface area contributed by atoms with Gasteiger partial charge in [-0.15, -0.1) is 0 Å². The summed E-state index contributed by atoms with van der Waals surface area (Å²) in [6.45, 7) is 6.41. The highest BCUT2D eigenvalue weighted by molar-refractivity contribution is 5.79. The molecule has 0 radical (unpaired) electrons. The van der Waals surface area contributed by atoms with Crippen LogP contribution < -0.4 is 27.6 Å². The average Bonchev–Trinajstić information content (AvgIpc) is 3.23. The van der Waals surface area contributed by atoms with Gasteiger partial charge >= 0.3 is 0 Å². The molecule has 0 bridgehead atoms. The molecular weight excluding hydrogens is 321 g/mol. The van der Waals surface area contributed by atoms with Gasteiger partial charge in [0.2, 0.25) is 11.7 Å². The lowest BCUT2D eigenvalue weighted by molar-refractivity contribution is 0.301. The van der Waals surface area contributed by atoms with Gasteiger partial charge in [0.15, 0.2) is 0 Å². The van der Waals surface area contributed by atoms with Crippen molar-refractivity contribution >= 4 is 5.96 Å². The Bertz CT molecular complexity index is 694. The minimum absolute atomic E-state index is 0.0536. The van der Waals surface area contributed by atoms with Crippen LogP contribution in [0.15, 0.2) is 23.2 Å². The Kier molecular flexibility index (Phi) is 4.15. The zero-order chi connectivity index (χ0) is 17.6. The van der Waals surface area contributed by atoms with Crippen LogP contribution in [0.25, 0.3) is 0 Å². The van der Waals surface area contributed by atoms with Crippen molar-refractivity contribution in [3.63, 3.8) is 0 Å². The number of nitrogens with zero attached hydrogens (tertiary/aromatic N) is 2. The van der Waals surface area contributed by atoms with Crippen LogP contribution in [-0.2, 0) is 5.79 Å². The summed E-state index contributed by atoms with van der Waals surface area (Å²) in [5, 5.41) is 3.51. The lowest BCUT2D eigenvalue weighted by atomic mass is 9.89. The topological polar surface area (TPSA) is 104 Å². The zero-order valence-electron chi connectivity index (χ0n) is 14.4. The molecule has 136 valence electrons. The molecule has 3 heterocycles. The van der Waals surface area contributed by atoms with E-state index in [1.165, 1.54) is 6.07 Å². The molecule has 3 aliphatic rings. The minimum Gasteiger partial charge on any atom is -0.369 e. The second-order valence-corrected chi connectivity index (χ2v) is 7.32. The quantitative estimate of drug-likeness (QED) is 0.522. The first kappa shape index (κ1) is 16.7. The maximum absolute atomic E-state index is 14.9. The average molecular weight is 347 g/mol. The second kappa shape index (κ2) is 6.21. The van der Waals surface area contributed by atoms with E-state index in [9.17, 15) is 4.39 Å². The van der Waals surface area contributed by atoms with Crippen LogP contribution >= 0.6 is 0 Å². The van der Waals surface area contributed by atoms with Crippen LogP contribution in [0.4, 0.5) is 4.39 Å². The van der Waals surface area contributed by atoms with Crippen molar-refractivity contribution in [2.75, 3.05) is 26.2 Å². The van der Waals surface area contributed by atoms with Crippen LogP contribution in [0.3, 0.4) is 0 Å². The van der Waals surface area contributed by atoms with Crippen molar-refractivity contribution in [2.24, 2.45) is 28.3 Å². The molecule has 3 aliphatic heterocycles. The zero-order valence-corrected chi connectivity index (χ0v) is 14.4. The van der Waals surface area contributed by atoms with Gasteiger partial charge < -0.3 is 16.0 Å². The van der Waals surface area contributed by atoms with Crippen LogP contribution in [0.2, 0.25) is 0 Å². The fourth-order valence-electron chi connectivity index (χ4n) is 4.41. The number of hydrogen-bond acceptors (Lipinski definition) is 7. The van der Waals surface area contributed by atoms with Gasteiger partial charge in [0.05, 0.1) is 0 Å². The van der Waals surface area contributed by atoms with Gasteiger partial charge in [0.1, 0.15) is 5.82 Å². The monoisotopic (exact) mass is 347 g/mol. The molecule has 1 aromatic carbocycles. The number of aliphatic imine (C=N–C) groups is 1. The highest BCUT2D eigenvalue weighted by atomic mass is 19.1. The Morgan fingerprint density at radius 2 is 2.24 bits per heavy atom. The lowest BCUT2D eigenvalue weighted by Crippen LogP contribution is -2.50. The number of hydrogen-bond donors (Lipinski definition) is 5. The maximum Gasteiger partial charge on any atom is 0.209 e. The summed E-state index contributed by atoms with van der Waals surface area (Å²) < 4.78 is 14.9. The number of rotatable bonds is 4. The van der Waals surface area contributed by atoms with Gasteiger partial charge in [-0.25, -0.2) is 9.38 Å². The molecule has 4 unspecified atom stereocenters. The predicted octanol–water partition coefficient (Wildman–Crippen LogP) is -0.0805. The van der Waals surface area contributed by atoms with Crippen LogP contribution in [0.1, 0.15) is 30.5 Å². The first-order valence-corrected chi connectivity index (χ1v) is 8.93. The molecule has 7 nitrogen and oxygen atoms in total. The number of likely N-dealkylation sites (tertiary alicyclic amines) is 1. The van der Waals surface area contributed by atoms with Gasteiger partial charge in [-0.05, 0) is 30.9 Å². The van der Waals surface area contributed by atoms with Gasteiger partial charge in [-0.2, -0.15) is 5.43 Å². The van der Waals surface area contributed by atoms with E-state index in [-0.39, 0.29) is 17.8 Å². The summed E-state index contributed by atoms with van der Waals surface area (Å²) in [6.07, 6.45) is 1.16. The van der Waals surface area contributed by atoms with Crippen molar-refractivity contribution in [3.05, 3.63) is 35.1 Å². The first-order chi connectivity index (χ1) is 12.0. The fourth-order valence-corrected chi connectivity index (χ4v) is 4.41. The van der Waals surface area contributed by atoms with Crippen molar-refractivity contribution in [3.8, 4) is 0 Å². The number of benzene rings is 1. The number of halogens is 1. The Balaban J connectivity index is 1.56. The van der Waals surface area contributed by atoms with E-state index >= 15 is 0 Å². The standard InChI is InChI=1S/C17H26FN7/c1-2-5-25-8-10-7-21-15(13(10)9-25)12-4-3-11(6-14(12)18)17(20)22-16(19)23-24-17/h3-4,6,10,13,15,21,24H,2,5,7-9,20H2,1H3,(H3,19,22,23). The predicted molar refractivity (Wildman–Crippen MR) is 94.6 cm³/mol.